The summed E-state index contributed by atoms with van der Waals surface area (Å²) < 4.78 is 12.4. The number of aliphatic carboxylic acids is 1. The molecule has 0 rings (SSSR count). The summed E-state index contributed by atoms with van der Waals surface area (Å²) in [6.07, 6.45) is 2.21. The molecule has 0 fully saturated rings. The summed E-state index contributed by atoms with van der Waals surface area (Å²) in [5.74, 6) is -1.66. The number of hydrogen-bond donors (Lipinski definition) is 2. The summed E-state index contributed by atoms with van der Waals surface area (Å²) in [5, 5.41) is 8.47. The molecule has 3 N–H and O–H groups in total. The Morgan fingerprint density at radius 1 is 1.75 bits per heavy atom. The maximum absolute atomic E-state index is 12.4. The van der Waals surface area contributed by atoms with Crippen molar-refractivity contribution in [2.24, 2.45) is 11.7 Å². The van der Waals surface area contributed by atoms with Crippen LogP contribution in [0.5, 0.6) is 0 Å². The second-order valence-corrected chi connectivity index (χ2v) is 2.67. The predicted octanol–water partition coefficient (Wildman–Crippen LogP) is 1.30. The molecular weight excluding hydrogens is 161 g/mol. The van der Waals surface area contributed by atoms with Crippen LogP contribution in [0.2, 0.25) is 0 Å². The highest BCUT2D eigenvalue weighted by atomic mass is 19.1. The third-order valence-electron chi connectivity index (χ3n) is 1.58. The van der Waals surface area contributed by atoms with Gasteiger partial charge in [0.15, 0.2) is 0 Å². The Morgan fingerprint density at radius 3 is 2.75 bits per heavy atom. The minimum atomic E-state index is -0.850. The highest BCUT2D eigenvalue weighted by Gasteiger charge is 2.08. The molecule has 0 aromatic heterocycles. The van der Waals surface area contributed by atoms with E-state index in [1.165, 1.54) is 6.08 Å². The second-order valence-electron chi connectivity index (χ2n) is 2.67. The van der Waals surface area contributed by atoms with Crippen LogP contribution in [-0.4, -0.2) is 17.6 Å². The van der Waals surface area contributed by atoms with E-state index >= 15 is 0 Å². The van der Waals surface area contributed by atoms with Gasteiger partial charge >= 0.3 is 5.97 Å². The largest absolute Gasteiger partial charge is 0.481 e. The van der Waals surface area contributed by atoms with Crippen LogP contribution >= 0.6 is 0 Å². The quantitative estimate of drug-likeness (QED) is 0.662. The number of allylic oxidation sites excluding steroid dienone is 1. The van der Waals surface area contributed by atoms with Gasteiger partial charge in [0.25, 0.3) is 0 Å². The Hall–Kier alpha value is -0.900. The zero-order valence-corrected chi connectivity index (χ0v) is 7.09. The molecule has 0 saturated heterocycles. The molecule has 0 aromatic rings. The molecule has 0 heterocycles. The third kappa shape index (κ3) is 4.85. The lowest BCUT2D eigenvalue weighted by Crippen LogP contribution is -2.08. The molecule has 1 atom stereocenters. The first-order valence-electron chi connectivity index (χ1n) is 3.85. The van der Waals surface area contributed by atoms with Crippen molar-refractivity contribution < 1.29 is 14.3 Å². The van der Waals surface area contributed by atoms with Crippen LogP contribution in [-0.2, 0) is 4.79 Å². The second kappa shape index (κ2) is 5.71. The van der Waals surface area contributed by atoms with Crippen molar-refractivity contribution >= 4 is 5.97 Å². The number of hydrogen-bond acceptors (Lipinski definition) is 2. The van der Waals surface area contributed by atoms with E-state index in [1.54, 1.807) is 6.92 Å². The van der Waals surface area contributed by atoms with Gasteiger partial charge in [0.1, 0.15) is 5.83 Å². The Morgan fingerprint density at radius 2 is 2.33 bits per heavy atom. The fourth-order valence-corrected chi connectivity index (χ4v) is 0.697. The van der Waals surface area contributed by atoms with Crippen molar-refractivity contribution in [1.82, 2.24) is 0 Å². The first kappa shape index (κ1) is 11.1. The van der Waals surface area contributed by atoms with Gasteiger partial charge in [-0.3, -0.25) is 4.79 Å². The Balaban J connectivity index is 3.62. The number of carboxylic acids is 1. The lowest BCUT2D eigenvalue weighted by atomic mass is 10.1. The molecule has 0 bridgehead atoms. The molecule has 0 spiro atoms. The zero-order chi connectivity index (χ0) is 9.56. The van der Waals surface area contributed by atoms with E-state index in [0.29, 0.717) is 12.8 Å². The van der Waals surface area contributed by atoms with Crippen molar-refractivity contribution in [3.05, 3.63) is 11.9 Å². The van der Waals surface area contributed by atoms with Crippen molar-refractivity contribution in [3.8, 4) is 0 Å². The van der Waals surface area contributed by atoms with E-state index in [4.69, 9.17) is 10.8 Å². The molecular formula is C8H14FNO2. The number of rotatable bonds is 5. The maximum Gasteiger partial charge on any atom is 0.306 e. The summed E-state index contributed by atoms with van der Waals surface area (Å²) in [6.45, 7) is 1.48. The van der Waals surface area contributed by atoms with Crippen LogP contribution in [0.25, 0.3) is 0 Å². The molecule has 3 nitrogen and oxygen atoms in total. The molecule has 0 aliphatic rings. The zero-order valence-electron chi connectivity index (χ0n) is 7.09. The Bertz CT molecular complexity index is 180. The van der Waals surface area contributed by atoms with Gasteiger partial charge < -0.3 is 10.8 Å². The molecule has 0 amide bonds. The van der Waals surface area contributed by atoms with Crippen molar-refractivity contribution in [2.45, 2.75) is 19.8 Å². The molecule has 4 heteroatoms. The van der Waals surface area contributed by atoms with Gasteiger partial charge in [0, 0.05) is 6.54 Å². The fraction of sp³-hybridized carbons (Fsp3) is 0.625. The first-order valence-corrected chi connectivity index (χ1v) is 3.85. The Labute approximate surface area is 71.1 Å². The Kier molecular flexibility index (Phi) is 5.28. The predicted molar refractivity (Wildman–Crippen MR) is 44.3 cm³/mol. The molecule has 12 heavy (non-hydrogen) atoms. The SMILES string of the molecule is CC(CC/C=C(\F)CN)C(=O)O. The third-order valence-corrected chi connectivity index (χ3v) is 1.58. The smallest absolute Gasteiger partial charge is 0.306 e. The molecule has 0 aliphatic carbocycles. The number of carboxylic acid groups (broad SMARTS) is 1. The van der Waals surface area contributed by atoms with Gasteiger partial charge in [-0.05, 0) is 12.8 Å². The van der Waals surface area contributed by atoms with Crippen molar-refractivity contribution in [2.75, 3.05) is 6.54 Å². The van der Waals surface area contributed by atoms with Gasteiger partial charge in [0.2, 0.25) is 0 Å². The number of carbonyl (C=O) groups is 1. The summed E-state index contributed by atoms with van der Waals surface area (Å²) in [5.41, 5.74) is 4.99. The fourth-order valence-electron chi connectivity index (χ4n) is 0.697. The maximum atomic E-state index is 12.4. The van der Waals surface area contributed by atoms with E-state index in [0.717, 1.165) is 0 Å². The summed E-state index contributed by atoms with van der Waals surface area (Å²) >= 11 is 0. The molecule has 0 aromatic carbocycles. The minimum Gasteiger partial charge on any atom is -0.481 e. The van der Waals surface area contributed by atoms with Crippen LogP contribution in [0, 0.1) is 5.92 Å². The van der Waals surface area contributed by atoms with Crippen LogP contribution in [0.4, 0.5) is 4.39 Å². The molecule has 1 unspecified atom stereocenters. The standard InChI is InChI=1S/C8H14FNO2/c1-6(8(11)12)3-2-4-7(9)5-10/h4,6H,2-3,5,10H2,1H3,(H,11,12)/b7-4-. The topological polar surface area (TPSA) is 63.3 Å². The number of halogens is 1. The van der Waals surface area contributed by atoms with Gasteiger partial charge in [-0.1, -0.05) is 13.0 Å². The normalized spacial score (nSPS) is 14.4. The highest BCUT2D eigenvalue weighted by Crippen LogP contribution is 2.07. The molecule has 70 valence electrons. The molecule has 0 radical (unpaired) electrons. The average Bonchev–Trinajstić information content (AvgIpc) is 2.03. The van der Waals surface area contributed by atoms with Crippen molar-refractivity contribution in [3.63, 3.8) is 0 Å². The van der Waals surface area contributed by atoms with E-state index in [-0.39, 0.29) is 12.4 Å². The lowest BCUT2D eigenvalue weighted by molar-refractivity contribution is -0.141. The van der Waals surface area contributed by atoms with Crippen LogP contribution < -0.4 is 5.73 Å². The highest BCUT2D eigenvalue weighted by molar-refractivity contribution is 5.69. The van der Waals surface area contributed by atoms with E-state index in [1.807, 2.05) is 0 Å². The van der Waals surface area contributed by atoms with Gasteiger partial charge in [-0.25, -0.2) is 4.39 Å². The number of nitrogens with two attached hydrogens (primary N) is 1. The van der Waals surface area contributed by atoms with E-state index < -0.39 is 11.9 Å². The summed E-state index contributed by atoms with van der Waals surface area (Å²) in [7, 11) is 0. The molecule has 0 saturated carbocycles. The van der Waals surface area contributed by atoms with Gasteiger partial charge in [-0.15, -0.1) is 0 Å². The monoisotopic (exact) mass is 175 g/mol. The van der Waals surface area contributed by atoms with Crippen LogP contribution in [0.15, 0.2) is 11.9 Å². The average molecular weight is 175 g/mol. The van der Waals surface area contributed by atoms with Crippen LogP contribution in [0.1, 0.15) is 19.8 Å². The molecule has 0 aliphatic heterocycles. The summed E-state index contributed by atoms with van der Waals surface area (Å²) in [6, 6.07) is 0. The van der Waals surface area contributed by atoms with Crippen molar-refractivity contribution in [1.29, 1.82) is 0 Å². The minimum absolute atomic E-state index is 0.110. The summed E-state index contributed by atoms with van der Waals surface area (Å²) in [4.78, 5) is 10.3. The van der Waals surface area contributed by atoms with Crippen LogP contribution in [0.3, 0.4) is 0 Å². The lowest BCUT2D eigenvalue weighted by Gasteiger charge is -2.01. The van der Waals surface area contributed by atoms with Gasteiger partial charge in [0.05, 0.1) is 5.92 Å². The van der Waals surface area contributed by atoms with E-state index in [2.05, 4.69) is 0 Å². The van der Waals surface area contributed by atoms with E-state index in [9.17, 15) is 9.18 Å². The van der Waals surface area contributed by atoms with Gasteiger partial charge in [-0.2, -0.15) is 0 Å². The first-order chi connectivity index (χ1) is 5.57.